The summed E-state index contributed by atoms with van der Waals surface area (Å²) in [5, 5.41) is 0. The normalized spacial score (nSPS) is 26.4. The van der Waals surface area contributed by atoms with Gasteiger partial charge in [-0.2, -0.15) is 0 Å². The molecular weight excluding hydrogens is 252 g/mol. The largest absolute Gasteiger partial charge is 0.494 e. The molecule has 1 aromatic rings. The van der Waals surface area contributed by atoms with Crippen molar-refractivity contribution >= 4 is 0 Å². The molecule has 0 aliphatic carbocycles. The van der Waals surface area contributed by atoms with Crippen molar-refractivity contribution in [3.63, 3.8) is 0 Å². The van der Waals surface area contributed by atoms with Crippen molar-refractivity contribution in [1.29, 1.82) is 0 Å². The molecule has 2 rings (SSSR count). The monoisotopic (exact) mass is 278 g/mol. The number of hydrogen-bond donors (Lipinski definition) is 0. The molecule has 0 spiro atoms. The van der Waals surface area contributed by atoms with Gasteiger partial charge >= 0.3 is 0 Å². The average molecular weight is 278 g/mol. The average Bonchev–Trinajstić information content (AvgIpc) is 2.47. The van der Waals surface area contributed by atoms with Gasteiger partial charge in [-0.15, -0.1) is 0 Å². The van der Waals surface area contributed by atoms with Crippen LogP contribution in [0.5, 0.6) is 5.75 Å². The predicted octanol–water partition coefficient (Wildman–Crippen LogP) is 4.12. The Hall–Kier alpha value is -1.06. The van der Waals surface area contributed by atoms with Gasteiger partial charge in [-0.25, -0.2) is 0 Å². The summed E-state index contributed by atoms with van der Waals surface area (Å²) in [6.45, 7) is 8.40. The van der Waals surface area contributed by atoms with Crippen LogP contribution in [0.1, 0.15) is 51.5 Å². The zero-order valence-corrected chi connectivity index (χ0v) is 12.9. The summed E-state index contributed by atoms with van der Waals surface area (Å²) in [4.78, 5) is 0. The molecule has 112 valence electrons. The van der Waals surface area contributed by atoms with Crippen molar-refractivity contribution in [3.05, 3.63) is 29.8 Å². The van der Waals surface area contributed by atoms with E-state index >= 15 is 0 Å². The van der Waals surface area contributed by atoms with Gasteiger partial charge < -0.3 is 14.2 Å². The van der Waals surface area contributed by atoms with E-state index in [1.54, 1.807) is 0 Å². The smallest absolute Gasteiger partial charge is 0.165 e. The van der Waals surface area contributed by atoms with Gasteiger partial charge in [-0.1, -0.05) is 25.5 Å². The van der Waals surface area contributed by atoms with Crippen LogP contribution in [-0.2, 0) is 9.47 Å². The molecule has 1 aromatic carbocycles. The van der Waals surface area contributed by atoms with Gasteiger partial charge in [-0.3, -0.25) is 0 Å². The second-order valence-electron chi connectivity index (χ2n) is 5.56. The molecule has 1 fully saturated rings. The lowest BCUT2D eigenvalue weighted by Gasteiger charge is -2.38. The van der Waals surface area contributed by atoms with Gasteiger partial charge in [-0.05, 0) is 38.0 Å². The Kier molecular flexibility index (Phi) is 5.44. The Labute approximate surface area is 122 Å². The van der Waals surface area contributed by atoms with Crippen LogP contribution in [0.15, 0.2) is 24.3 Å². The van der Waals surface area contributed by atoms with Gasteiger partial charge in [0.2, 0.25) is 0 Å². The van der Waals surface area contributed by atoms with Gasteiger partial charge in [0.1, 0.15) is 5.75 Å². The lowest BCUT2D eigenvalue weighted by atomic mass is 9.99. The highest BCUT2D eigenvalue weighted by Crippen LogP contribution is 2.31. The molecule has 0 atom stereocenters. The van der Waals surface area contributed by atoms with Gasteiger partial charge in [0.15, 0.2) is 5.79 Å². The summed E-state index contributed by atoms with van der Waals surface area (Å²) in [6.07, 6.45) is 3.29. The molecule has 0 N–H and O–H groups in total. The van der Waals surface area contributed by atoms with E-state index in [0.29, 0.717) is 12.5 Å². The number of benzene rings is 1. The number of hydrogen-bond acceptors (Lipinski definition) is 3. The summed E-state index contributed by atoms with van der Waals surface area (Å²) in [7, 11) is 0. The first-order valence-corrected chi connectivity index (χ1v) is 7.67. The number of unbranched alkanes of at least 4 members (excludes halogenated alkanes) is 1. The fraction of sp³-hybridized carbons (Fsp3) is 0.647. The van der Waals surface area contributed by atoms with E-state index in [-0.39, 0.29) is 0 Å². The minimum absolute atomic E-state index is 0.320. The molecular formula is C17H26O3. The first-order chi connectivity index (χ1) is 9.67. The number of rotatable bonds is 6. The molecule has 1 aliphatic rings. The Morgan fingerprint density at radius 2 is 1.80 bits per heavy atom. The summed E-state index contributed by atoms with van der Waals surface area (Å²) in [5.41, 5.74) is 1.26. The SMILES string of the molecule is CCCCC1(C)OCC(c2ccc(OCC)cc2)CO1. The Morgan fingerprint density at radius 3 is 2.35 bits per heavy atom. The Bertz CT molecular complexity index is 391. The first kappa shape index (κ1) is 15.3. The van der Waals surface area contributed by atoms with Gasteiger partial charge in [0, 0.05) is 12.3 Å². The van der Waals surface area contributed by atoms with E-state index in [0.717, 1.165) is 31.8 Å². The van der Waals surface area contributed by atoms with Crippen molar-refractivity contribution in [3.8, 4) is 5.75 Å². The molecule has 0 aromatic heterocycles. The van der Waals surface area contributed by atoms with Crippen molar-refractivity contribution < 1.29 is 14.2 Å². The van der Waals surface area contributed by atoms with Crippen molar-refractivity contribution in [2.24, 2.45) is 0 Å². The van der Waals surface area contributed by atoms with Crippen molar-refractivity contribution in [1.82, 2.24) is 0 Å². The zero-order valence-electron chi connectivity index (χ0n) is 12.9. The molecule has 0 bridgehead atoms. The van der Waals surface area contributed by atoms with E-state index in [1.165, 1.54) is 12.0 Å². The molecule has 0 saturated carbocycles. The first-order valence-electron chi connectivity index (χ1n) is 7.67. The summed E-state index contributed by atoms with van der Waals surface area (Å²) in [5.74, 6) is 0.847. The maximum absolute atomic E-state index is 5.96. The lowest BCUT2D eigenvalue weighted by Crippen LogP contribution is -2.40. The number of ether oxygens (including phenoxy) is 3. The van der Waals surface area contributed by atoms with Crippen LogP contribution in [0.25, 0.3) is 0 Å². The third kappa shape index (κ3) is 3.97. The standard InChI is InChI=1S/C17H26O3/c1-4-6-11-17(3)19-12-15(13-20-17)14-7-9-16(10-8-14)18-5-2/h7-10,15H,4-6,11-13H2,1-3H3. The van der Waals surface area contributed by atoms with Crippen molar-refractivity contribution in [2.75, 3.05) is 19.8 Å². The third-order valence-electron chi connectivity index (χ3n) is 3.83. The Balaban J connectivity index is 1.89. The minimum Gasteiger partial charge on any atom is -0.494 e. The summed E-state index contributed by atoms with van der Waals surface area (Å²) >= 11 is 0. The zero-order chi connectivity index (χ0) is 14.4. The molecule has 1 heterocycles. The van der Waals surface area contributed by atoms with Crippen LogP contribution in [-0.4, -0.2) is 25.6 Å². The highest BCUT2D eigenvalue weighted by molar-refractivity contribution is 5.29. The van der Waals surface area contributed by atoms with Gasteiger partial charge in [0.25, 0.3) is 0 Å². The van der Waals surface area contributed by atoms with Crippen LogP contribution in [0.3, 0.4) is 0 Å². The minimum atomic E-state index is -0.391. The fourth-order valence-corrected chi connectivity index (χ4v) is 2.48. The van der Waals surface area contributed by atoms with E-state index in [4.69, 9.17) is 14.2 Å². The quantitative estimate of drug-likeness (QED) is 0.783. The van der Waals surface area contributed by atoms with Crippen LogP contribution < -0.4 is 4.74 Å². The fourth-order valence-electron chi connectivity index (χ4n) is 2.48. The second kappa shape index (κ2) is 7.09. The van der Waals surface area contributed by atoms with E-state index in [9.17, 15) is 0 Å². The third-order valence-corrected chi connectivity index (χ3v) is 3.83. The summed E-state index contributed by atoms with van der Waals surface area (Å²) < 4.78 is 17.4. The molecule has 0 radical (unpaired) electrons. The molecule has 3 heteroatoms. The predicted molar refractivity (Wildman–Crippen MR) is 80.2 cm³/mol. The van der Waals surface area contributed by atoms with Crippen molar-refractivity contribution in [2.45, 2.75) is 51.7 Å². The Morgan fingerprint density at radius 1 is 1.15 bits per heavy atom. The van der Waals surface area contributed by atoms with E-state index in [1.807, 2.05) is 19.1 Å². The molecule has 0 unspecified atom stereocenters. The molecule has 20 heavy (non-hydrogen) atoms. The van der Waals surface area contributed by atoms with Crippen LogP contribution >= 0.6 is 0 Å². The molecule has 1 aliphatic heterocycles. The lowest BCUT2D eigenvalue weighted by molar-refractivity contribution is -0.265. The maximum Gasteiger partial charge on any atom is 0.165 e. The highest BCUT2D eigenvalue weighted by atomic mass is 16.7. The van der Waals surface area contributed by atoms with Crippen LogP contribution in [0, 0.1) is 0 Å². The van der Waals surface area contributed by atoms with E-state index in [2.05, 4.69) is 26.0 Å². The molecule has 3 nitrogen and oxygen atoms in total. The molecule has 1 saturated heterocycles. The summed E-state index contributed by atoms with van der Waals surface area (Å²) in [6, 6.07) is 8.25. The highest BCUT2D eigenvalue weighted by Gasteiger charge is 2.32. The second-order valence-corrected chi connectivity index (χ2v) is 5.56. The topological polar surface area (TPSA) is 27.7 Å². The van der Waals surface area contributed by atoms with E-state index < -0.39 is 5.79 Å². The molecule has 0 amide bonds. The van der Waals surface area contributed by atoms with Gasteiger partial charge in [0.05, 0.1) is 19.8 Å². The van der Waals surface area contributed by atoms with Crippen LogP contribution in [0.4, 0.5) is 0 Å². The van der Waals surface area contributed by atoms with Crippen LogP contribution in [0.2, 0.25) is 0 Å². The maximum atomic E-state index is 5.96.